The number of hydrogen-bond acceptors (Lipinski definition) is 3. The summed E-state index contributed by atoms with van der Waals surface area (Å²) in [6, 6.07) is 4.32. The number of aromatic amines is 1. The number of H-pyrrole nitrogens is 1. The van der Waals surface area contributed by atoms with E-state index in [0.29, 0.717) is 5.00 Å². The van der Waals surface area contributed by atoms with E-state index in [0.717, 1.165) is 11.3 Å². The van der Waals surface area contributed by atoms with Crippen molar-refractivity contribution in [2.75, 3.05) is 5.32 Å². The summed E-state index contributed by atoms with van der Waals surface area (Å²) < 4.78 is 0. The Bertz CT molecular complexity index is 601. The number of carbonyl (C=O) groups is 2. The Kier molecular flexibility index (Phi) is 3.60. The second-order valence-electron chi connectivity index (χ2n) is 3.27. The fourth-order valence-electron chi connectivity index (χ4n) is 1.23. The number of anilines is 1. The van der Waals surface area contributed by atoms with Gasteiger partial charge in [-0.25, -0.2) is 4.79 Å². The molecule has 2 aromatic heterocycles. The molecule has 0 atom stereocenters. The van der Waals surface area contributed by atoms with Crippen LogP contribution < -0.4 is 5.32 Å². The van der Waals surface area contributed by atoms with Gasteiger partial charge in [-0.2, -0.15) is 0 Å². The van der Waals surface area contributed by atoms with Gasteiger partial charge in [-0.1, -0.05) is 23.2 Å². The zero-order chi connectivity index (χ0) is 13.3. The van der Waals surface area contributed by atoms with Gasteiger partial charge in [-0.3, -0.25) is 4.79 Å². The number of hydrogen-bond donors (Lipinski definition) is 3. The van der Waals surface area contributed by atoms with Gasteiger partial charge in [0.25, 0.3) is 5.91 Å². The molecule has 0 bridgehead atoms. The highest BCUT2D eigenvalue weighted by molar-refractivity contribution is 7.18. The number of rotatable bonds is 3. The van der Waals surface area contributed by atoms with E-state index in [2.05, 4.69) is 10.3 Å². The van der Waals surface area contributed by atoms with Crippen LogP contribution in [0.1, 0.15) is 20.2 Å². The number of carbonyl (C=O) groups excluding carboxylic acids is 1. The van der Waals surface area contributed by atoms with Crippen LogP contribution in [0.2, 0.25) is 10.2 Å². The van der Waals surface area contributed by atoms with E-state index in [-0.39, 0.29) is 20.7 Å². The van der Waals surface area contributed by atoms with Crippen molar-refractivity contribution in [2.45, 2.75) is 0 Å². The first-order valence-electron chi connectivity index (χ1n) is 4.66. The zero-order valence-electron chi connectivity index (χ0n) is 8.66. The molecule has 0 fully saturated rings. The summed E-state index contributed by atoms with van der Waals surface area (Å²) in [5, 5.41) is 12.1. The average molecular weight is 305 g/mol. The van der Waals surface area contributed by atoms with Crippen LogP contribution in [0.5, 0.6) is 0 Å². The van der Waals surface area contributed by atoms with Gasteiger partial charge in [0, 0.05) is 0 Å². The van der Waals surface area contributed by atoms with E-state index >= 15 is 0 Å². The quantitative estimate of drug-likeness (QED) is 0.813. The Morgan fingerprint density at radius 2 is 2.06 bits per heavy atom. The van der Waals surface area contributed by atoms with E-state index in [1.165, 1.54) is 18.2 Å². The molecule has 2 aromatic rings. The largest absolute Gasteiger partial charge is 0.477 e. The summed E-state index contributed by atoms with van der Waals surface area (Å²) in [6.07, 6.45) is 0. The molecule has 0 unspecified atom stereocenters. The van der Waals surface area contributed by atoms with Gasteiger partial charge in [0.05, 0.1) is 10.0 Å². The van der Waals surface area contributed by atoms with E-state index in [1.54, 1.807) is 0 Å². The Morgan fingerprint density at radius 1 is 1.33 bits per heavy atom. The number of amides is 1. The van der Waals surface area contributed by atoms with Crippen molar-refractivity contribution in [3.05, 3.63) is 38.9 Å². The molecule has 0 aromatic carbocycles. The second kappa shape index (κ2) is 5.01. The molecule has 0 saturated carbocycles. The van der Waals surface area contributed by atoms with E-state index in [9.17, 15) is 9.59 Å². The van der Waals surface area contributed by atoms with Gasteiger partial charge in [-0.05, 0) is 18.2 Å². The first-order chi connectivity index (χ1) is 8.47. The first kappa shape index (κ1) is 12.9. The first-order valence-corrected chi connectivity index (χ1v) is 6.23. The Hall–Kier alpha value is -1.50. The van der Waals surface area contributed by atoms with Gasteiger partial charge < -0.3 is 15.4 Å². The van der Waals surface area contributed by atoms with Crippen LogP contribution in [0.25, 0.3) is 0 Å². The van der Waals surface area contributed by atoms with Gasteiger partial charge in [0.15, 0.2) is 0 Å². The van der Waals surface area contributed by atoms with Crippen molar-refractivity contribution in [2.24, 2.45) is 0 Å². The molecule has 2 heterocycles. The molecule has 0 radical (unpaired) electrons. The molecule has 5 nitrogen and oxygen atoms in total. The monoisotopic (exact) mass is 304 g/mol. The van der Waals surface area contributed by atoms with Crippen LogP contribution in [0.15, 0.2) is 18.2 Å². The van der Waals surface area contributed by atoms with Gasteiger partial charge in [0.1, 0.15) is 15.7 Å². The molecule has 0 aliphatic heterocycles. The molecule has 1 amide bonds. The average Bonchev–Trinajstić information content (AvgIpc) is 2.87. The summed E-state index contributed by atoms with van der Waals surface area (Å²) in [6.45, 7) is 0. The molecule has 0 saturated heterocycles. The maximum atomic E-state index is 11.8. The summed E-state index contributed by atoms with van der Waals surface area (Å²) in [4.78, 5) is 25.2. The molecule has 8 heteroatoms. The third-order valence-electron chi connectivity index (χ3n) is 2.02. The Labute approximate surface area is 115 Å². The van der Waals surface area contributed by atoms with Crippen LogP contribution in [0, 0.1) is 0 Å². The van der Waals surface area contributed by atoms with E-state index in [1.807, 2.05) is 0 Å². The Balaban J connectivity index is 2.13. The summed E-state index contributed by atoms with van der Waals surface area (Å²) in [5.74, 6) is -1.48. The smallest absolute Gasteiger partial charge is 0.345 e. The van der Waals surface area contributed by atoms with Crippen LogP contribution in [0.3, 0.4) is 0 Å². The maximum Gasteiger partial charge on any atom is 0.345 e. The predicted octanol–water partition coefficient (Wildman–Crippen LogP) is 3.33. The number of carboxylic acid groups (broad SMARTS) is 1. The minimum Gasteiger partial charge on any atom is -0.477 e. The minimum absolute atomic E-state index is 0.146. The van der Waals surface area contributed by atoms with E-state index < -0.39 is 11.9 Å². The molecular weight excluding hydrogens is 299 g/mol. The van der Waals surface area contributed by atoms with Gasteiger partial charge in [-0.15, -0.1) is 11.3 Å². The molecule has 3 N–H and O–H groups in total. The molecule has 94 valence electrons. The molecular formula is C10H6Cl2N2O3S. The molecule has 2 rings (SSSR count). The SMILES string of the molecule is O=C(Nc1ccc(C(=O)O)s1)c1cc(Cl)c(Cl)[nH]1. The lowest BCUT2D eigenvalue weighted by atomic mass is 10.4. The number of halogens is 2. The minimum atomic E-state index is -1.04. The molecule has 0 spiro atoms. The number of thiophene rings is 1. The van der Waals surface area contributed by atoms with Crippen LogP contribution in [-0.2, 0) is 0 Å². The standard InChI is InChI=1S/C10H6Cl2N2O3S/c11-4-3-5(13-8(4)12)9(15)14-7-2-1-6(18-7)10(16)17/h1-3,13H,(H,14,15)(H,16,17). The highest BCUT2D eigenvalue weighted by Gasteiger charge is 2.14. The number of aromatic carboxylic acids is 1. The Morgan fingerprint density at radius 3 is 2.56 bits per heavy atom. The van der Waals surface area contributed by atoms with Crippen molar-refractivity contribution in [1.82, 2.24) is 4.98 Å². The molecule has 0 aliphatic rings. The summed E-state index contributed by atoms with van der Waals surface area (Å²) in [5.41, 5.74) is 0.204. The fourth-order valence-corrected chi connectivity index (χ4v) is 2.28. The van der Waals surface area contributed by atoms with Crippen molar-refractivity contribution >= 4 is 51.4 Å². The normalized spacial score (nSPS) is 10.3. The van der Waals surface area contributed by atoms with Gasteiger partial charge >= 0.3 is 5.97 Å². The molecule has 18 heavy (non-hydrogen) atoms. The molecule has 0 aliphatic carbocycles. The highest BCUT2D eigenvalue weighted by Crippen LogP contribution is 2.25. The lowest BCUT2D eigenvalue weighted by Gasteiger charge is -1.98. The van der Waals surface area contributed by atoms with Crippen molar-refractivity contribution < 1.29 is 14.7 Å². The zero-order valence-corrected chi connectivity index (χ0v) is 11.0. The predicted molar refractivity (Wildman–Crippen MR) is 70.0 cm³/mol. The summed E-state index contributed by atoms with van der Waals surface area (Å²) >= 11 is 12.3. The second-order valence-corrected chi connectivity index (χ2v) is 5.14. The van der Waals surface area contributed by atoms with Crippen LogP contribution in [-0.4, -0.2) is 22.0 Å². The van der Waals surface area contributed by atoms with Crippen molar-refractivity contribution in [1.29, 1.82) is 0 Å². The third kappa shape index (κ3) is 2.66. The number of carboxylic acids is 1. The van der Waals surface area contributed by atoms with Gasteiger partial charge in [0.2, 0.25) is 0 Å². The lowest BCUT2D eigenvalue weighted by Crippen LogP contribution is -2.11. The fraction of sp³-hybridized carbons (Fsp3) is 0. The highest BCUT2D eigenvalue weighted by atomic mass is 35.5. The maximum absolute atomic E-state index is 11.8. The summed E-state index contributed by atoms with van der Waals surface area (Å²) in [7, 11) is 0. The van der Waals surface area contributed by atoms with Crippen molar-refractivity contribution in [3.8, 4) is 0 Å². The third-order valence-corrected chi connectivity index (χ3v) is 3.70. The van der Waals surface area contributed by atoms with Crippen molar-refractivity contribution in [3.63, 3.8) is 0 Å². The number of aromatic nitrogens is 1. The van der Waals surface area contributed by atoms with Crippen LogP contribution >= 0.6 is 34.5 Å². The number of nitrogens with one attached hydrogen (secondary N) is 2. The van der Waals surface area contributed by atoms with Crippen LogP contribution in [0.4, 0.5) is 5.00 Å². The lowest BCUT2D eigenvalue weighted by molar-refractivity contribution is 0.0702. The van der Waals surface area contributed by atoms with E-state index in [4.69, 9.17) is 28.3 Å². The topological polar surface area (TPSA) is 82.2 Å².